The van der Waals surface area contributed by atoms with E-state index in [1.165, 1.54) is 45.3 Å². The Morgan fingerprint density at radius 1 is 1.27 bits per heavy atom. The van der Waals surface area contributed by atoms with Crippen LogP contribution >= 0.6 is 0 Å². The van der Waals surface area contributed by atoms with Crippen LogP contribution in [0.25, 0.3) is 0 Å². The monoisotopic (exact) mass is 212 g/mol. The Bertz CT molecular complexity index is 160. The summed E-state index contributed by atoms with van der Waals surface area (Å²) in [7, 11) is 0. The summed E-state index contributed by atoms with van der Waals surface area (Å²) in [4.78, 5) is 2.60. The maximum atomic E-state index is 6.19. The quantitative estimate of drug-likeness (QED) is 0.758. The fourth-order valence-corrected chi connectivity index (χ4v) is 2.65. The van der Waals surface area contributed by atoms with Crippen molar-refractivity contribution in [3.63, 3.8) is 0 Å². The van der Waals surface area contributed by atoms with Crippen molar-refractivity contribution < 1.29 is 0 Å². The smallest absolute Gasteiger partial charge is 0.00680 e. The van der Waals surface area contributed by atoms with Crippen LogP contribution < -0.4 is 5.73 Å². The Morgan fingerprint density at radius 2 is 1.87 bits per heavy atom. The Morgan fingerprint density at radius 3 is 2.33 bits per heavy atom. The zero-order chi connectivity index (χ0) is 11.3. The molecule has 1 fully saturated rings. The van der Waals surface area contributed by atoms with E-state index in [1.54, 1.807) is 0 Å². The third-order valence-electron chi connectivity index (χ3n) is 3.48. The number of hydrogen-bond acceptors (Lipinski definition) is 2. The predicted octanol–water partition coefficient (Wildman–Crippen LogP) is 2.48. The van der Waals surface area contributed by atoms with Gasteiger partial charge in [0.1, 0.15) is 0 Å². The molecule has 0 bridgehead atoms. The summed E-state index contributed by atoms with van der Waals surface area (Å²) in [5.74, 6) is 1.58. The van der Waals surface area contributed by atoms with Crippen LogP contribution in [0.4, 0.5) is 0 Å². The Hall–Kier alpha value is -0.0800. The van der Waals surface area contributed by atoms with Crippen molar-refractivity contribution in [3.05, 3.63) is 0 Å². The van der Waals surface area contributed by atoms with Crippen molar-refractivity contribution in [2.45, 2.75) is 52.5 Å². The number of piperidine rings is 1. The number of hydrogen-bond donors (Lipinski definition) is 1. The van der Waals surface area contributed by atoms with Crippen molar-refractivity contribution in [1.82, 2.24) is 4.90 Å². The molecule has 1 heterocycles. The lowest BCUT2D eigenvalue weighted by Gasteiger charge is -2.35. The zero-order valence-electron chi connectivity index (χ0n) is 10.7. The van der Waals surface area contributed by atoms with Crippen LogP contribution in [-0.2, 0) is 0 Å². The minimum absolute atomic E-state index is 0.455. The van der Waals surface area contributed by atoms with Gasteiger partial charge >= 0.3 is 0 Å². The summed E-state index contributed by atoms with van der Waals surface area (Å²) in [5, 5.41) is 0. The Kier molecular flexibility index (Phi) is 5.62. The van der Waals surface area contributed by atoms with Gasteiger partial charge in [0.2, 0.25) is 0 Å². The molecule has 0 amide bonds. The fraction of sp³-hybridized carbons (Fsp3) is 1.00. The average molecular weight is 212 g/mol. The van der Waals surface area contributed by atoms with Crippen molar-refractivity contribution in [2.24, 2.45) is 17.6 Å². The molecule has 90 valence electrons. The van der Waals surface area contributed by atoms with Crippen molar-refractivity contribution in [1.29, 1.82) is 0 Å². The van der Waals surface area contributed by atoms with Gasteiger partial charge in [-0.2, -0.15) is 0 Å². The molecule has 0 radical (unpaired) electrons. The van der Waals surface area contributed by atoms with E-state index in [0.717, 1.165) is 11.8 Å². The van der Waals surface area contributed by atoms with E-state index in [0.29, 0.717) is 6.04 Å². The van der Waals surface area contributed by atoms with Gasteiger partial charge in [0.25, 0.3) is 0 Å². The van der Waals surface area contributed by atoms with Crippen molar-refractivity contribution >= 4 is 0 Å². The molecule has 1 saturated heterocycles. The van der Waals surface area contributed by atoms with Gasteiger partial charge in [0.15, 0.2) is 0 Å². The molecular weight excluding hydrogens is 184 g/mol. The molecule has 1 atom stereocenters. The van der Waals surface area contributed by atoms with Crippen LogP contribution in [0.1, 0.15) is 46.5 Å². The highest BCUT2D eigenvalue weighted by Crippen LogP contribution is 2.22. The molecule has 0 aromatic heterocycles. The second-order valence-corrected chi connectivity index (χ2v) is 5.48. The molecule has 1 aliphatic heterocycles. The fourth-order valence-electron chi connectivity index (χ4n) is 2.65. The highest BCUT2D eigenvalue weighted by molar-refractivity contribution is 4.79. The lowest BCUT2D eigenvalue weighted by atomic mass is 9.87. The Labute approximate surface area is 95.2 Å². The molecule has 0 aromatic rings. The third-order valence-corrected chi connectivity index (χ3v) is 3.48. The summed E-state index contributed by atoms with van der Waals surface area (Å²) < 4.78 is 0. The molecule has 2 N–H and O–H groups in total. The van der Waals surface area contributed by atoms with Gasteiger partial charge in [0.05, 0.1) is 0 Å². The minimum atomic E-state index is 0.455. The van der Waals surface area contributed by atoms with E-state index in [2.05, 4.69) is 25.7 Å². The van der Waals surface area contributed by atoms with Crippen molar-refractivity contribution in [3.8, 4) is 0 Å². The van der Waals surface area contributed by atoms with Gasteiger partial charge < -0.3 is 10.6 Å². The molecule has 0 aromatic carbocycles. The van der Waals surface area contributed by atoms with Crippen LogP contribution in [0.3, 0.4) is 0 Å². The highest BCUT2D eigenvalue weighted by Gasteiger charge is 2.23. The summed E-state index contributed by atoms with van der Waals surface area (Å²) in [6, 6.07) is 0.455. The summed E-state index contributed by atoms with van der Waals surface area (Å²) in [6.45, 7) is 10.6. The van der Waals surface area contributed by atoms with Crippen LogP contribution in [0.2, 0.25) is 0 Å². The molecule has 15 heavy (non-hydrogen) atoms. The number of nitrogens with two attached hydrogens (primary N) is 1. The highest BCUT2D eigenvalue weighted by atomic mass is 15.1. The van der Waals surface area contributed by atoms with Gasteiger partial charge in [-0.25, -0.2) is 0 Å². The second-order valence-electron chi connectivity index (χ2n) is 5.48. The number of likely N-dealkylation sites (tertiary alicyclic amines) is 1. The number of rotatable bonds is 5. The van der Waals surface area contributed by atoms with E-state index >= 15 is 0 Å². The number of nitrogens with zero attached hydrogens (tertiary/aromatic N) is 1. The average Bonchev–Trinajstić information content (AvgIpc) is 2.18. The first-order valence-corrected chi connectivity index (χ1v) is 6.61. The molecule has 0 saturated carbocycles. The first kappa shape index (κ1) is 13.0. The van der Waals surface area contributed by atoms with E-state index in [4.69, 9.17) is 5.73 Å². The van der Waals surface area contributed by atoms with E-state index in [1.807, 2.05) is 0 Å². The van der Waals surface area contributed by atoms with Gasteiger partial charge in [-0.1, -0.05) is 27.2 Å². The summed E-state index contributed by atoms with van der Waals surface area (Å²) in [6.07, 6.45) is 5.06. The third kappa shape index (κ3) is 4.52. The van der Waals surface area contributed by atoms with E-state index < -0.39 is 0 Å². The molecule has 1 aliphatic rings. The second kappa shape index (κ2) is 6.49. The molecular formula is C13H28N2. The lowest BCUT2D eigenvalue weighted by molar-refractivity contribution is 0.152. The van der Waals surface area contributed by atoms with Gasteiger partial charge in [-0.05, 0) is 44.2 Å². The van der Waals surface area contributed by atoms with Crippen molar-refractivity contribution in [2.75, 3.05) is 19.6 Å². The Balaban J connectivity index is 2.23. The zero-order valence-corrected chi connectivity index (χ0v) is 10.7. The molecule has 0 aliphatic carbocycles. The van der Waals surface area contributed by atoms with Gasteiger partial charge in [-0.15, -0.1) is 0 Å². The molecule has 2 nitrogen and oxygen atoms in total. The maximum absolute atomic E-state index is 6.19. The molecule has 1 unspecified atom stereocenters. The lowest BCUT2D eigenvalue weighted by Crippen LogP contribution is -2.42. The van der Waals surface area contributed by atoms with Gasteiger partial charge in [0, 0.05) is 12.6 Å². The summed E-state index contributed by atoms with van der Waals surface area (Å²) >= 11 is 0. The van der Waals surface area contributed by atoms with Gasteiger partial charge in [-0.3, -0.25) is 0 Å². The normalized spacial score (nSPS) is 22.2. The SMILES string of the molecule is CCCC(N)C1CCN(CC(C)C)CC1. The molecule has 0 spiro atoms. The first-order valence-electron chi connectivity index (χ1n) is 6.61. The summed E-state index contributed by atoms with van der Waals surface area (Å²) in [5.41, 5.74) is 6.19. The minimum Gasteiger partial charge on any atom is -0.327 e. The maximum Gasteiger partial charge on any atom is 0.00680 e. The van der Waals surface area contributed by atoms with Crippen LogP contribution in [-0.4, -0.2) is 30.6 Å². The van der Waals surface area contributed by atoms with E-state index in [-0.39, 0.29) is 0 Å². The molecule has 2 heteroatoms. The van der Waals surface area contributed by atoms with Crippen LogP contribution in [0, 0.1) is 11.8 Å². The predicted molar refractivity (Wildman–Crippen MR) is 66.9 cm³/mol. The van der Waals surface area contributed by atoms with E-state index in [9.17, 15) is 0 Å². The first-order chi connectivity index (χ1) is 7.13. The topological polar surface area (TPSA) is 29.3 Å². The van der Waals surface area contributed by atoms with Crippen LogP contribution in [0.15, 0.2) is 0 Å². The van der Waals surface area contributed by atoms with Crippen LogP contribution in [0.5, 0.6) is 0 Å². The largest absolute Gasteiger partial charge is 0.327 e. The standard InChI is InChI=1S/C13H28N2/c1-4-5-13(14)12-6-8-15(9-7-12)10-11(2)3/h11-13H,4-10,14H2,1-3H3. The molecule has 1 rings (SSSR count).